The van der Waals surface area contributed by atoms with Crippen molar-refractivity contribution in [2.24, 2.45) is 5.92 Å². The van der Waals surface area contributed by atoms with E-state index in [1.54, 1.807) is 0 Å². The molecule has 0 radical (unpaired) electrons. The predicted octanol–water partition coefficient (Wildman–Crippen LogP) is -0.596. The first-order valence-electron chi connectivity index (χ1n) is 5.67. The van der Waals surface area contributed by atoms with Gasteiger partial charge in [0.2, 0.25) is 0 Å². The first-order chi connectivity index (χ1) is 7.54. The number of ether oxygens (including phenoxy) is 1. The second-order valence-electron chi connectivity index (χ2n) is 4.59. The quantitative estimate of drug-likeness (QED) is 0.654. The number of piperidine rings is 1. The molecule has 2 unspecified atom stereocenters. The van der Waals surface area contributed by atoms with Gasteiger partial charge in [-0.05, 0) is 20.5 Å². The number of aliphatic hydroxyl groups is 1. The molecule has 5 nitrogen and oxygen atoms in total. The number of likely N-dealkylation sites (N-methyl/N-ethyl adjacent to an activating group) is 1. The number of nitrogens with zero attached hydrogens (tertiary/aromatic N) is 2. The van der Waals surface area contributed by atoms with Crippen molar-refractivity contribution >= 4 is 5.97 Å². The van der Waals surface area contributed by atoms with Crippen LogP contribution in [0.5, 0.6) is 0 Å². The van der Waals surface area contributed by atoms with Crippen molar-refractivity contribution in [1.29, 1.82) is 0 Å². The molecule has 1 aliphatic heterocycles. The minimum Gasteiger partial charge on any atom is -0.469 e. The van der Waals surface area contributed by atoms with Crippen LogP contribution in [-0.4, -0.2) is 74.4 Å². The van der Waals surface area contributed by atoms with Crippen LogP contribution in [0.15, 0.2) is 0 Å². The van der Waals surface area contributed by atoms with Crippen LogP contribution in [0.2, 0.25) is 0 Å². The van der Waals surface area contributed by atoms with Gasteiger partial charge in [0.15, 0.2) is 0 Å². The number of hydrogen-bond acceptors (Lipinski definition) is 5. The molecule has 0 amide bonds. The number of aliphatic hydroxyl groups excluding tert-OH is 1. The van der Waals surface area contributed by atoms with Crippen molar-refractivity contribution in [3.8, 4) is 0 Å². The fourth-order valence-electron chi connectivity index (χ4n) is 1.93. The summed E-state index contributed by atoms with van der Waals surface area (Å²) in [4.78, 5) is 15.8. The molecule has 94 valence electrons. The van der Waals surface area contributed by atoms with E-state index in [9.17, 15) is 9.90 Å². The molecule has 0 saturated carbocycles. The summed E-state index contributed by atoms with van der Waals surface area (Å²) >= 11 is 0. The molecule has 1 rings (SSSR count). The maximum atomic E-state index is 11.4. The molecule has 5 heteroatoms. The maximum absolute atomic E-state index is 11.4. The molecule has 1 heterocycles. The van der Waals surface area contributed by atoms with Crippen molar-refractivity contribution in [2.45, 2.75) is 12.5 Å². The Balaban J connectivity index is 2.44. The zero-order chi connectivity index (χ0) is 12.1. The zero-order valence-electron chi connectivity index (χ0n) is 10.3. The van der Waals surface area contributed by atoms with Gasteiger partial charge in [-0.1, -0.05) is 0 Å². The van der Waals surface area contributed by atoms with Crippen LogP contribution >= 0.6 is 0 Å². The third kappa shape index (κ3) is 3.73. The molecule has 16 heavy (non-hydrogen) atoms. The van der Waals surface area contributed by atoms with E-state index in [2.05, 4.69) is 9.80 Å². The topological polar surface area (TPSA) is 53.0 Å². The number of hydrogen-bond donors (Lipinski definition) is 1. The fourth-order valence-corrected chi connectivity index (χ4v) is 1.93. The van der Waals surface area contributed by atoms with Crippen molar-refractivity contribution < 1.29 is 14.6 Å². The number of carbonyl (C=O) groups excluding carboxylic acids is 1. The van der Waals surface area contributed by atoms with Crippen molar-refractivity contribution in [3.05, 3.63) is 0 Å². The van der Waals surface area contributed by atoms with Gasteiger partial charge in [-0.2, -0.15) is 0 Å². The predicted molar refractivity (Wildman–Crippen MR) is 61.1 cm³/mol. The summed E-state index contributed by atoms with van der Waals surface area (Å²) in [6.07, 6.45) is 0.0933. The monoisotopic (exact) mass is 230 g/mol. The highest BCUT2D eigenvalue weighted by molar-refractivity contribution is 5.73. The molecule has 2 atom stereocenters. The number of rotatable bonds is 4. The highest BCUT2D eigenvalue weighted by Crippen LogP contribution is 2.18. The summed E-state index contributed by atoms with van der Waals surface area (Å²) in [6.45, 7) is 3.33. The van der Waals surface area contributed by atoms with Crippen molar-refractivity contribution in [3.63, 3.8) is 0 Å². The fraction of sp³-hybridized carbons (Fsp3) is 0.909. The van der Waals surface area contributed by atoms with Gasteiger partial charge in [0.05, 0.1) is 19.1 Å². The number of carbonyl (C=O) groups is 1. The average molecular weight is 230 g/mol. The van der Waals surface area contributed by atoms with Crippen LogP contribution in [0.25, 0.3) is 0 Å². The molecule has 0 spiro atoms. The van der Waals surface area contributed by atoms with Crippen LogP contribution in [-0.2, 0) is 9.53 Å². The van der Waals surface area contributed by atoms with Crippen molar-refractivity contribution in [2.75, 3.05) is 47.4 Å². The van der Waals surface area contributed by atoms with Gasteiger partial charge in [-0.25, -0.2) is 0 Å². The summed E-state index contributed by atoms with van der Waals surface area (Å²) in [5.41, 5.74) is 0. The van der Waals surface area contributed by atoms with Gasteiger partial charge in [-0.15, -0.1) is 0 Å². The minimum atomic E-state index is -0.553. The van der Waals surface area contributed by atoms with E-state index in [0.717, 1.165) is 19.6 Å². The third-order valence-corrected chi connectivity index (χ3v) is 3.03. The third-order valence-electron chi connectivity index (χ3n) is 3.03. The Morgan fingerprint density at radius 3 is 2.81 bits per heavy atom. The molecule has 1 N–H and O–H groups in total. The lowest BCUT2D eigenvalue weighted by Crippen LogP contribution is -2.48. The lowest BCUT2D eigenvalue weighted by Gasteiger charge is -2.35. The summed E-state index contributed by atoms with van der Waals surface area (Å²) in [6, 6.07) is 0. The minimum absolute atomic E-state index is 0.304. The van der Waals surface area contributed by atoms with Crippen LogP contribution in [0, 0.1) is 5.92 Å². The van der Waals surface area contributed by atoms with E-state index in [1.807, 2.05) is 14.1 Å². The van der Waals surface area contributed by atoms with E-state index in [4.69, 9.17) is 4.74 Å². The Labute approximate surface area is 97.0 Å². The highest BCUT2D eigenvalue weighted by Gasteiger charge is 2.33. The Kier molecular flexibility index (Phi) is 5.18. The summed E-state index contributed by atoms with van der Waals surface area (Å²) in [5.74, 6) is -0.692. The molecule has 1 fully saturated rings. The lowest BCUT2D eigenvalue weighted by molar-refractivity contribution is -0.152. The molecular formula is C11H22N2O3. The van der Waals surface area contributed by atoms with Gasteiger partial charge in [0.1, 0.15) is 0 Å². The normalized spacial score (nSPS) is 27.1. The molecule has 0 aromatic heterocycles. The largest absolute Gasteiger partial charge is 0.469 e. The van der Waals surface area contributed by atoms with E-state index in [-0.39, 0.29) is 11.9 Å². The maximum Gasteiger partial charge on any atom is 0.312 e. The van der Waals surface area contributed by atoms with Crippen molar-refractivity contribution in [1.82, 2.24) is 9.80 Å². The van der Waals surface area contributed by atoms with E-state index in [1.165, 1.54) is 7.11 Å². The Bertz CT molecular complexity index is 233. The Morgan fingerprint density at radius 2 is 2.25 bits per heavy atom. The van der Waals surface area contributed by atoms with Gasteiger partial charge in [0, 0.05) is 26.2 Å². The highest BCUT2D eigenvalue weighted by atomic mass is 16.5. The number of methoxy groups -OCH3 is 1. The second kappa shape index (κ2) is 6.18. The van der Waals surface area contributed by atoms with Gasteiger partial charge < -0.3 is 19.6 Å². The first-order valence-corrected chi connectivity index (χ1v) is 5.67. The standard InChI is InChI=1S/C11H22N2O3/c1-12(2)6-7-13-5-4-10(14)9(8-13)11(15)16-3/h9-10,14H,4-8H2,1-3H3. The molecule has 1 aliphatic rings. The SMILES string of the molecule is COC(=O)C1CN(CCN(C)C)CCC1O. The van der Waals surface area contributed by atoms with Gasteiger partial charge >= 0.3 is 5.97 Å². The average Bonchev–Trinajstić information content (AvgIpc) is 2.27. The summed E-state index contributed by atoms with van der Waals surface area (Å²) in [5, 5.41) is 9.73. The molecule has 0 aliphatic carbocycles. The number of esters is 1. The Morgan fingerprint density at radius 1 is 1.56 bits per heavy atom. The molecule has 0 aromatic rings. The first kappa shape index (κ1) is 13.4. The molecule has 0 bridgehead atoms. The van der Waals surface area contributed by atoms with Crippen LogP contribution in [0.3, 0.4) is 0 Å². The smallest absolute Gasteiger partial charge is 0.312 e. The van der Waals surface area contributed by atoms with Crippen LogP contribution < -0.4 is 0 Å². The van der Waals surface area contributed by atoms with Crippen LogP contribution in [0.1, 0.15) is 6.42 Å². The molecule has 1 saturated heterocycles. The van der Waals surface area contributed by atoms with Gasteiger partial charge in [-0.3, -0.25) is 4.79 Å². The van der Waals surface area contributed by atoms with E-state index in [0.29, 0.717) is 13.0 Å². The molecular weight excluding hydrogens is 208 g/mol. The second-order valence-corrected chi connectivity index (χ2v) is 4.59. The lowest BCUT2D eigenvalue weighted by atomic mass is 9.95. The summed E-state index contributed by atoms with van der Waals surface area (Å²) in [7, 11) is 5.42. The van der Waals surface area contributed by atoms with Crippen LogP contribution in [0.4, 0.5) is 0 Å². The summed E-state index contributed by atoms with van der Waals surface area (Å²) < 4.78 is 4.70. The zero-order valence-corrected chi connectivity index (χ0v) is 10.3. The Hall–Kier alpha value is -0.650. The van der Waals surface area contributed by atoms with E-state index >= 15 is 0 Å². The molecule has 0 aromatic carbocycles. The van der Waals surface area contributed by atoms with E-state index < -0.39 is 6.10 Å². The van der Waals surface area contributed by atoms with Gasteiger partial charge in [0.25, 0.3) is 0 Å². The number of likely N-dealkylation sites (tertiary alicyclic amines) is 1.